The van der Waals surface area contributed by atoms with Gasteiger partial charge >= 0.3 is 0 Å². The van der Waals surface area contributed by atoms with Crippen molar-refractivity contribution in [2.24, 2.45) is 0 Å². The molecule has 1 heterocycles. The van der Waals surface area contributed by atoms with Gasteiger partial charge in [0.25, 0.3) is 0 Å². The highest BCUT2D eigenvalue weighted by Gasteiger charge is 2.40. The van der Waals surface area contributed by atoms with Gasteiger partial charge in [-0.25, -0.2) is 4.98 Å². The zero-order valence-corrected chi connectivity index (χ0v) is 7.78. The molecule has 1 aromatic heterocycles. The van der Waals surface area contributed by atoms with Gasteiger partial charge in [-0.05, 0) is 15.9 Å². The number of hydrogen-bond acceptors (Lipinski definition) is 2. The minimum atomic E-state index is 0.619. The lowest BCUT2D eigenvalue weighted by atomic mass is 10.3. The Morgan fingerprint density at radius 3 is 2.90 bits per heavy atom. The second-order valence-corrected chi connectivity index (χ2v) is 4.76. The van der Waals surface area contributed by atoms with Crippen LogP contribution in [0.3, 0.4) is 0 Å². The highest BCUT2D eigenvalue weighted by Crippen LogP contribution is 2.38. The van der Waals surface area contributed by atoms with Crippen LogP contribution in [0.1, 0.15) is 18.0 Å². The summed E-state index contributed by atoms with van der Waals surface area (Å²) < 4.78 is 0.988. The monoisotopic (exact) mass is 219 g/mol. The third kappa shape index (κ3) is 1.11. The molecular weight excluding hydrogens is 212 g/mol. The summed E-state index contributed by atoms with van der Waals surface area (Å²) in [5, 5.41) is 2.11. The lowest BCUT2D eigenvalue weighted by Gasteiger charge is -1.83. The molecule has 0 aliphatic heterocycles. The highest BCUT2D eigenvalue weighted by molar-refractivity contribution is 9.11. The Balaban J connectivity index is 2.20. The zero-order valence-electron chi connectivity index (χ0n) is 5.38. The first kappa shape index (κ1) is 6.76. The summed E-state index contributed by atoms with van der Waals surface area (Å²) >= 11 is 4.99. The fourth-order valence-electron chi connectivity index (χ4n) is 1.04. The molecule has 1 fully saturated rings. The molecule has 1 saturated carbocycles. The zero-order chi connectivity index (χ0) is 7.14. The van der Waals surface area contributed by atoms with Crippen molar-refractivity contribution < 1.29 is 5.73 Å². The van der Waals surface area contributed by atoms with Crippen molar-refractivity contribution in [3.63, 3.8) is 0 Å². The number of hydrogen-bond donors (Lipinski definition) is 1. The molecule has 54 valence electrons. The molecule has 4 heteroatoms. The van der Waals surface area contributed by atoms with Gasteiger partial charge in [-0.15, -0.1) is 11.3 Å². The van der Waals surface area contributed by atoms with Crippen molar-refractivity contribution in [3.8, 4) is 0 Å². The van der Waals surface area contributed by atoms with Crippen LogP contribution in [0.25, 0.3) is 0 Å². The van der Waals surface area contributed by atoms with E-state index in [2.05, 4.69) is 32.0 Å². The fourth-order valence-corrected chi connectivity index (χ4v) is 2.13. The number of aromatic nitrogens is 1. The lowest BCUT2D eigenvalue weighted by molar-refractivity contribution is -0.386. The van der Waals surface area contributed by atoms with Crippen molar-refractivity contribution in [1.82, 2.24) is 4.98 Å². The predicted molar refractivity (Wildman–Crippen MR) is 43.8 cm³/mol. The van der Waals surface area contributed by atoms with Crippen LogP contribution in [0.4, 0.5) is 0 Å². The van der Waals surface area contributed by atoms with Crippen LogP contribution in [0, 0.1) is 0 Å². The number of thiazole rings is 1. The van der Waals surface area contributed by atoms with Crippen molar-refractivity contribution in [3.05, 3.63) is 15.0 Å². The van der Waals surface area contributed by atoms with Crippen molar-refractivity contribution in [2.75, 3.05) is 0 Å². The van der Waals surface area contributed by atoms with E-state index in [0.29, 0.717) is 12.0 Å². The molecule has 0 saturated heterocycles. The molecule has 0 radical (unpaired) electrons. The molecule has 0 aromatic carbocycles. The van der Waals surface area contributed by atoms with Gasteiger partial charge < -0.3 is 5.73 Å². The van der Waals surface area contributed by atoms with Crippen molar-refractivity contribution >= 4 is 27.3 Å². The molecule has 10 heavy (non-hydrogen) atoms. The fraction of sp³-hybridized carbons (Fsp3) is 0.500. The van der Waals surface area contributed by atoms with Gasteiger partial charge in [-0.1, -0.05) is 0 Å². The van der Waals surface area contributed by atoms with Crippen molar-refractivity contribution in [2.45, 2.75) is 18.4 Å². The smallest absolute Gasteiger partial charge is 0.159 e. The number of quaternary nitrogens is 1. The molecule has 2 nitrogen and oxygen atoms in total. The summed E-state index contributed by atoms with van der Waals surface area (Å²) in [7, 11) is 0. The molecule has 2 unspecified atom stereocenters. The molecule has 2 atom stereocenters. The van der Waals surface area contributed by atoms with Gasteiger partial charge in [0.15, 0.2) is 3.92 Å². The Kier molecular flexibility index (Phi) is 1.55. The Bertz CT molecular complexity index is 248. The van der Waals surface area contributed by atoms with E-state index in [4.69, 9.17) is 0 Å². The van der Waals surface area contributed by atoms with Crippen LogP contribution in [0.2, 0.25) is 0 Å². The van der Waals surface area contributed by atoms with Gasteiger partial charge in [-0.3, -0.25) is 0 Å². The summed E-state index contributed by atoms with van der Waals surface area (Å²) in [6.45, 7) is 0. The molecule has 0 amide bonds. The molecule has 1 aliphatic carbocycles. The minimum Gasteiger partial charge on any atom is -0.355 e. The lowest BCUT2D eigenvalue weighted by Crippen LogP contribution is -2.53. The average Bonchev–Trinajstić information content (AvgIpc) is 2.42. The standard InChI is InChI=1S/C6H7BrN2S/c7-6-9-5(2-10-6)3-1-4(3)8/h2-4H,1,8H2/p+1. The maximum atomic E-state index is 4.32. The maximum absolute atomic E-state index is 4.32. The van der Waals surface area contributed by atoms with Gasteiger partial charge in [0.2, 0.25) is 0 Å². The number of nitrogens with zero attached hydrogens (tertiary/aromatic N) is 1. The van der Waals surface area contributed by atoms with Crippen LogP contribution >= 0.6 is 27.3 Å². The minimum absolute atomic E-state index is 0.619. The van der Waals surface area contributed by atoms with E-state index in [1.807, 2.05) is 0 Å². The van der Waals surface area contributed by atoms with Crippen LogP contribution in [0.15, 0.2) is 9.30 Å². The van der Waals surface area contributed by atoms with Crippen LogP contribution in [-0.2, 0) is 0 Å². The van der Waals surface area contributed by atoms with Crippen LogP contribution in [-0.4, -0.2) is 11.0 Å². The summed E-state index contributed by atoms with van der Waals surface area (Å²) in [6.07, 6.45) is 1.22. The SMILES string of the molecule is [NH3+]C1CC1c1csc(Br)n1. The first-order valence-electron chi connectivity index (χ1n) is 3.21. The van der Waals surface area contributed by atoms with E-state index in [0.717, 1.165) is 3.92 Å². The van der Waals surface area contributed by atoms with Gasteiger partial charge in [0, 0.05) is 11.8 Å². The summed E-state index contributed by atoms with van der Waals surface area (Å²) in [5.41, 5.74) is 5.19. The first-order valence-corrected chi connectivity index (χ1v) is 4.88. The third-order valence-corrected chi connectivity index (χ3v) is 3.18. The van der Waals surface area contributed by atoms with Gasteiger partial charge in [0.05, 0.1) is 17.7 Å². The Morgan fingerprint density at radius 2 is 2.50 bits per heavy atom. The normalized spacial score (nSPS) is 30.6. The average molecular weight is 220 g/mol. The van der Waals surface area contributed by atoms with Crippen LogP contribution < -0.4 is 5.73 Å². The molecule has 0 bridgehead atoms. The summed E-state index contributed by atoms with van der Waals surface area (Å²) in [5.74, 6) is 0.655. The molecule has 3 N–H and O–H groups in total. The molecular formula is C6H8BrN2S+. The quantitative estimate of drug-likeness (QED) is 0.753. The first-order chi connectivity index (χ1) is 4.77. The predicted octanol–water partition coefficient (Wildman–Crippen LogP) is 1.00. The topological polar surface area (TPSA) is 40.5 Å². The molecule has 1 aliphatic rings. The Morgan fingerprint density at radius 1 is 1.80 bits per heavy atom. The number of rotatable bonds is 1. The summed E-state index contributed by atoms with van der Waals surface area (Å²) in [6, 6.07) is 0.619. The second-order valence-electron chi connectivity index (χ2n) is 2.63. The van der Waals surface area contributed by atoms with Crippen LogP contribution in [0.5, 0.6) is 0 Å². The van der Waals surface area contributed by atoms with Crippen molar-refractivity contribution in [1.29, 1.82) is 0 Å². The van der Waals surface area contributed by atoms with E-state index in [9.17, 15) is 0 Å². The van der Waals surface area contributed by atoms with E-state index in [1.54, 1.807) is 11.3 Å². The Labute approximate surface area is 71.6 Å². The largest absolute Gasteiger partial charge is 0.355 e. The van der Waals surface area contributed by atoms with Gasteiger partial charge in [0.1, 0.15) is 0 Å². The van der Waals surface area contributed by atoms with E-state index >= 15 is 0 Å². The molecule has 1 aromatic rings. The maximum Gasteiger partial charge on any atom is 0.159 e. The Hall–Kier alpha value is 0.0700. The number of halogens is 1. The second kappa shape index (κ2) is 2.29. The van der Waals surface area contributed by atoms with E-state index in [-0.39, 0.29) is 0 Å². The van der Waals surface area contributed by atoms with E-state index in [1.165, 1.54) is 12.1 Å². The molecule has 0 spiro atoms. The summed E-state index contributed by atoms with van der Waals surface area (Å²) in [4.78, 5) is 4.32. The van der Waals surface area contributed by atoms with Gasteiger partial charge in [-0.2, -0.15) is 0 Å². The molecule has 2 rings (SSSR count). The van der Waals surface area contributed by atoms with E-state index < -0.39 is 0 Å². The highest BCUT2D eigenvalue weighted by atomic mass is 79.9. The third-order valence-electron chi connectivity index (χ3n) is 1.80.